The summed E-state index contributed by atoms with van der Waals surface area (Å²) in [5.41, 5.74) is 0. The smallest absolute Gasteiger partial charge is 0.242 e. The number of amides is 1. The summed E-state index contributed by atoms with van der Waals surface area (Å²) in [5, 5.41) is 9.23. The average Bonchev–Trinajstić information content (AvgIpc) is 3.23. The molecule has 0 aliphatic heterocycles. The lowest BCUT2D eigenvalue weighted by atomic mass is 10.3. The third kappa shape index (κ3) is 4.86. The van der Waals surface area contributed by atoms with Gasteiger partial charge in [-0.05, 0) is 26.7 Å². The first-order valence-electron chi connectivity index (χ1n) is 7.30. The Kier molecular flexibility index (Phi) is 5.32. The third-order valence-corrected chi connectivity index (χ3v) is 3.09. The molecule has 1 aliphatic rings. The third-order valence-electron chi connectivity index (χ3n) is 3.09. The number of nitrogens with one attached hydrogen (secondary N) is 3. The molecule has 21 heavy (non-hydrogen) atoms. The second-order valence-corrected chi connectivity index (χ2v) is 5.17. The fourth-order valence-corrected chi connectivity index (χ4v) is 1.88. The first-order chi connectivity index (χ1) is 10.1. The Morgan fingerprint density at radius 1 is 1.43 bits per heavy atom. The Hall–Kier alpha value is -1.89. The largest absolute Gasteiger partial charge is 0.377 e. The Bertz CT molecular complexity index is 466. The number of aromatic nitrogens is 2. The molecule has 0 bridgehead atoms. The van der Waals surface area contributed by atoms with Gasteiger partial charge in [0.2, 0.25) is 5.91 Å². The van der Waals surface area contributed by atoms with Crippen LogP contribution in [0.15, 0.2) is 6.07 Å². The van der Waals surface area contributed by atoms with Crippen LogP contribution in [-0.4, -0.2) is 41.6 Å². The van der Waals surface area contributed by atoms with Gasteiger partial charge >= 0.3 is 0 Å². The van der Waals surface area contributed by atoms with Gasteiger partial charge in [-0.2, -0.15) is 0 Å². The van der Waals surface area contributed by atoms with Crippen molar-refractivity contribution in [3.05, 3.63) is 11.9 Å². The van der Waals surface area contributed by atoms with Gasteiger partial charge in [-0.1, -0.05) is 0 Å². The number of carbonyl (C=O) groups is 1. The monoisotopic (exact) mass is 293 g/mol. The van der Waals surface area contributed by atoms with Crippen LogP contribution < -0.4 is 16.0 Å². The van der Waals surface area contributed by atoms with Crippen LogP contribution in [0.5, 0.6) is 0 Å². The van der Waals surface area contributed by atoms with E-state index in [0.29, 0.717) is 24.3 Å². The summed E-state index contributed by atoms with van der Waals surface area (Å²) in [6.07, 6.45) is 2.16. The standard InChI is InChI=1S/C14H23N5O2/c1-4-15-11-7-12(19-13(18-11)8-21-3)16-9(2)14(20)17-10-5-6-10/h7,9-10H,4-6,8H2,1-3H3,(H,17,20)(H2,15,16,18,19). The number of nitrogens with zero attached hydrogens (tertiary/aromatic N) is 2. The predicted octanol–water partition coefficient (Wildman–Crippen LogP) is 1.13. The van der Waals surface area contributed by atoms with Crippen molar-refractivity contribution >= 4 is 17.5 Å². The number of carbonyl (C=O) groups excluding carboxylic acids is 1. The van der Waals surface area contributed by atoms with Crippen molar-refractivity contribution in [1.29, 1.82) is 0 Å². The molecule has 2 rings (SSSR count). The molecular formula is C14H23N5O2. The van der Waals surface area contributed by atoms with E-state index in [1.54, 1.807) is 13.2 Å². The Labute approximate surface area is 124 Å². The highest BCUT2D eigenvalue weighted by atomic mass is 16.5. The van der Waals surface area contributed by atoms with Gasteiger partial charge in [0, 0.05) is 25.8 Å². The summed E-state index contributed by atoms with van der Waals surface area (Å²) in [7, 11) is 1.60. The number of hydrogen-bond donors (Lipinski definition) is 3. The van der Waals surface area contributed by atoms with Crippen LogP contribution in [0.3, 0.4) is 0 Å². The molecule has 7 nitrogen and oxygen atoms in total. The molecule has 7 heteroatoms. The average molecular weight is 293 g/mol. The fourth-order valence-electron chi connectivity index (χ4n) is 1.88. The number of ether oxygens (including phenoxy) is 1. The molecular weight excluding hydrogens is 270 g/mol. The molecule has 0 radical (unpaired) electrons. The van der Waals surface area contributed by atoms with Crippen LogP contribution in [0.4, 0.5) is 11.6 Å². The maximum Gasteiger partial charge on any atom is 0.242 e. The number of anilines is 2. The lowest BCUT2D eigenvalue weighted by Crippen LogP contribution is -2.38. The van der Waals surface area contributed by atoms with E-state index in [0.717, 1.165) is 25.2 Å². The van der Waals surface area contributed by atoms with Crippen LogP contribution in [0.1, 0.15) is 32.5 Å². The highest BCUT2D eigenvalue weighted by Crippen LogP contribution is 2.19. The van der Waals surface area contributed by atoms with Crippen LogP contribution in [0.25, 0.3) is 0 Å². The van der Waals surface area contributed by atoms with E-state index in [-0.39, 0.29) is 11.9 Å². The maximum atomic E-state index is 12.0. The minimum Gasteiger partial charge on any atom is -0.377 e. The second-order valence-electron chi connectivity index (χ2n) is 5.17. The van der Waals surface area contributed by atoms with E-state index >= 15 is 0 Å². The Morgan fingerprint density at radius 3 is 2.76 bits per heavy atom. The second kappa shape index (κ2) is 7.21. The highest BCUT2D eigenvalue weighted by Gasteiger charge is 2.25. The molecule has 1 atom stereocenters. The van der Waals surface area contributed by atoms with Gasteiger partial charge in [-0.25, -0.2) is 9.97 Å². The van der Waals surface area contributed by atoms with E-state index in [4.69, 9.17) is 4.74 Å². The normalized spacial score (nSPS) is 15.4. The molecule has 1 fully saturated rings. The van der Waals surface area contributed by atoms with Crippen molar-refractivity contribution in [2.75, 3.05) is 24.3 Å². The summed E-state index contributed by atoms with van der Waals surface area (Å²) >= 11 is 0. The summed E-state index contributed by atoms with van der Waals surface area (Å²) in [6.45, 7) is 4.91. The lowest BCUT2D eigenvalue weighted by molar-refractivity contribution is -0.121. The molecule has 1 saturated carbocycles. The molecule has 1 unspecified atom stereocenters. The van der Waals surface area contributed by atoms with Crippen LogP contribution in [0, 0.1) is 0 Å². The van der Waals surface area contributed by atoms with Gasteiger partial charge in [0.1, 0.15) is 24.3 Å². The maximum absolute atomic E-state index is 12.0. The summed E-state index contributed by atoms with van der Waals surface area (Å²) in [5.74, 6) is 1.91. The van der Waals surface area contributed by atoms with Gasteiger partial charge in [0.15, 0.2) is 5.82 Å². The van der Waals surface area contributed by atoms with Crippen LogP contribution in [-0.2, 0) is 16.1 Å². The van der Waals surface area contributed by atoms with E-state index in [1.807, 2.05) is 13.8 Å². The van der Waals surface area contributed by atoms with E-state index < -0.39 is 0 Å². The first-order valence-corrected chi connectivity index (χ1v) is 7.30. The van der Waals surface area contributed by atoms with E-state index in [9.17, 15) is 4.79 Å². The fraction of sp³-hybridized carbons (Fsp3) is 0.643. The summed E-state index contributed by atoms with van der Waals surface area (Å²) in [4.78, 5) is 20.7. The zero-order valence-corrected chi connectivity index (χ0v) is 12.8. The molecule has 1 aromatic heterocycles. The van der Waals surface area contributed by atoms with Crippen molar-refractivity contribution in [1.82, 2.24) is 15.3 Å². The molecule has 3 N–H and O–H groups in total. The van der Waals surface area contributed by atoms with E-state index in [2.05, 4.69) is 25.9 Å². The highest BCUT2D eigenvalue weighted by molar-refractivity contribution is 5.84. The van der Waals surface area contributed by atoms with Crippen molar-refractivity contribution in [3.63, 3.8) is 0 Å². The van der Waals surface area contributed by atoms with Crippen LogP contribution in [0.2, 0.25) is 0 Å². The van der Waals surface area contributed by atoms with Gasteiger partial charge in [-0.15, -0.1) is 0 Å². The zero-order chi connectivity index (χ0) is 15.2. The molecule has 0 saturated heterocycles. The lowest BCUT2D eigenvalue weighted by Gasteiger charge is -2.16. The molecule has 0 spiro atoms. The van der Waals surface area contributed by atoms with Crippen LogP contribution >= 0.6 is 0 Å². The molecule has 0 aromatic carbocycles. The van der Waals surface area contributed by atoms with Gasteiger partial charge < -0.3 is 20.7 Å². The minimum absolute atomic E-state index is 0.00518. The van der Waals surface area contributed by atoms with Gasteiger partial charge in [-0.3, -0.25) is 4.79 Å². The van der Waals surface area contributed by atoms with Gasteiger partial charge in [0.05, 0.1) is 0 Å². The van der Waals surface area contributed by atoms with E-state index in [1.165, 1.54) is 0 Å². The van der Waals surface area contributed by atoms with Crippen molar-refractivity contribution in [3.8, 4) is 0 Å². The predicted molar refractivity (Wildman–Crippen MR) is 81.2 cm³/mol. The number of methoxy groups -OCH3 is 1. The van der Waals surface area contributed by atoms with Crippen molar-refractivity contribution in [2.45, 2.75) is 45.4 Å². The summed E-state index contributed by atoms with van der Waals surface area (Å²) < 4.78 is 5.07. The zero-order valence-electron chi connectivity index (χ0n) is 12.8. The first kappa shape index (κ1) is 15.5. The topological polar surface area (TPSA) is 88.2 Å². The molecule has 1 amide bonds. The molecule has 1 heterocycles. The minimum atomic E-state index is -0.342. The molecule has 1 aliphatic carbocycles. The Balaban J connectivity index is 2.03. The van der Waals surface area contributed by atoms with Gasteiger partial charge in [0.25, 0.3) is 0 Å². The molecule has 116 valence electrons. The van der Waals surface area contributed by atoms with Crippen molar-refractivity contribution in [2.24, 2.45) is 0 Å². The number of hydrogen-bond acceptors (Lipinski definition) is 6. The van der Waals surface area contributed by atoms with Crippen molar-refractivity contribution < 1.29 is 9.53 Å². The number of rotatable bonds is 8. The summed E-state index contributed by atoms with van der Waals surface area (Å²) in [6, 6.07) is 1.81. The molecule has 1 aromatic rings. The quantitative estimate of drug-likeness (QED) is 0.666. The Morgan fingerprint density at radius 2 is 2.14 bits per heavy atom. The SMILES string of the molecule is CCNc1cc(NC(C)C(=O)NC2CC2)nc(COC)n1.